The van der Waals surface area contributed by atoms with E-state index in [9.17, 15) is 14.0 Å². The third-order valence-electron chi connectivity index (χ3n) is 5.04. The molecule has 11 heteroatoms. The van der Waals surface area contributed by atoms with E-state index in [-0.39, 0.29) is 39.2 Å². The van der Waals surface area contributed by atoms with Crippen molar-refractivity contribution in [3.05, 3.63) is 74.3 Å². The van der Waals surface area contributed by atoms with Crippen molar-refractivity contribution in [3.8, 4) is 11.5 Å². The Bertz CT molecular complexity index is 1300. The average molecular weight is 536 g/mol. The number of ether oxygens (including phenoxy) is 1. The minimum absolute atomic E-state index is 0.0118. The molecule has 2 aromatic carbocycles. The summed E-state index contributed by atoms with van der Waals surface area (Å²) in [4.78, 5) is 26.0. The van der Waals surface area contributed by atoms with Gasteiger partial charge in [0.2, 0.25) is 0 Å². The topological polar surface area (TPSA) is 96.4 Å². The Kier molecular flexibility index (Phi) is 10.6. The van der Waals surface area contributed by atoms with Crippen LogP contribution in [0.25, 0.3) is 0 Å². The predicted octanol–water partition coefficient (Wildman–Crippen LogP) is 5.91. The summed E-state index contributed by atoms with van der Waals surface area (Å²) >= 11 is 7.72. The largest absolute Gasteiger partial charge is 0.454 e. The molecule has 3 aromatic rings. The number of aryl methyl sites for hydroxylation is 1. The molecule has 0 fully saturated rings. The summed E-state index contributed by atoms with van der Waals surface area (Å²) < 4.78 is 27.8. The zero-order valence-corrected chi connectivity index (χ0v) is 22.9. The van der Waals surface area contributed by atoms with Crippen LogP contribution in [-0.4, -0.2) is 24.6 Å². The van der Waals surface area contributed by atoms with E-state index in [0.29, 0.717) is 5.69 Å². The van der Waals surface area contributed by atoms with E-state index >= 15 is 0 Å². The molecule has 194 valence electrons. The van der Waals surface area contributed by atoms with Gasteiger partial charge in [0.1, 0.15) is 28.0 Å². The van der Waals surface area contributed by atoms with E-state index in [0.717, 1.165) is 5.56 Å². The van der Waals surface area contributed by atoms with Crippen LogP contribution in [0, 0.1) is 19.7 Å². The summed E-state index contributed by atoms with van der Waals surface area (Å²) in [6, 6.07) is 9.70. The second-order valence-corrected chi connectivity index (χ2v) is 8.55. The van der Waals surface area contributed by atoms with Crippen molar-refractivity contribution in [3.63, 3.8) is 0 Å². The minimum Gasteiger partial charge on any atom is -0.454 e. The first-order valence-electron chi connectivity index (χ1n) is 11.2. The van der Waals surface area contributed by atoms with Gasteiger partial charge in [-0.2, -0.15) is 0 Å². The first-order valence-corrected chi connectivity index (χ1v) is 12.4. The van der Waals surface area contributed by atoms with Gasteiger partial charge in [-0.05, 0) is 50.7 Å². The predicted molar refractivity (Wildman–Crippen MR) is 147 cm³/mol. The maximum Gasteiger partial charge on any atom is 0.258 e. The number of nitrogens with zero attached hydrogens (tertiary/aromatic N) is 1. The lowest BCUT2D eigenvalue weighted by molar-refractivity contribution is 0.0961. The molecule has 4 N–H and O–H groups in total. The molecule has 3 rings (SSSR count). The summed E-state index contributed by atoms with van der Waals surface area (Å²) in [6.07, 6.45) is 0. The molecule has 0 spiro atoms. The second-order valence-electron chi connectivity index (χ2n) is 7.36. The van der Waals surface area contributed by atoms with Crippen LogP contribution in [0.3, 0.4) is 0 Å². The maximum atomic E-state index is 14.6. The number of pyridine rings is 1. The Labute approximate surface area is 219 Å². The van der Waals surface area contributed by atoms with Crippen molar-refractivity contribution in [2.45, 2.75) is 27.7 Å². The average Bonchev–Trinajstić information content (AvgIpc) is 2.88. The summed E-state index contributed by atoms with van der Waals surface area (Å²) in [5.74, 6) is -0.735. The maximum absolute atomic E-state index is 14.6. The number of hydrogen-bond acceptors (Lipinski definition) is 7. The van der Waals surface area contributed by atoms with Gasteiger partial charge in [0.05, 0.1) is 16.9 Å². The molecule has 0 atom stereocenters. The van der Waals surface area contributed by atoms with Gasteiger partial charge in [-0.15, -0.1) is 0 Å². The lowest BCUT2D eigenvalue weighted by atomic mass is 10.1. The summed E-state index contributed by atoms with van der Waals surface area (Å²) in [6.45, 7) is 7.31. The zero-order chi connectivity index (χ0) is 27.0. The van der Waals surface area contributed by atoms with E-state index in [1.807, 2.05) is 13.8 Å². The molecule has 0 aliphatic rings. The molecule has 1 amide bonds. The Morgan fingerprint density at radius 3 is 2.42 bits per heavy atom. The molecular formula is C25H31ClFN5O3S. The smallest absolute Gasteiger partial charge is 0.258 e. The van der Waals surface area contributed by atoms with Crippen molar-refractivity contribution < 1.29 is 13.9 Å². The van der Waals surface area contributed by atoms with E-state index in [2.05, 4.69) is 20.1 Å². The van der Waals surface area contributed by atoms with E-state index < -0.39 is 17.3 Å². The minimum atomic E-state index is -0.528. The fourth-order valence-corrected chi connectivity index (χ4v) is 3.91. The number of rotatable bonds is 8. The van der Waals surface area contributed by atoms with Crippen LogP contribution in [0.4, 0.5) is 21.6 Å². The standard InChI is InChI=1S/C23H25ClFN5O3S.C2H6/c1-12-9-10-15(14(25)11-12)28-21-18(22(31)26-3)20(13(2)23(32)30(21)5)33-17-8-6-7-16(19(17)24)29-34-27-4;1-2/h6-11,27-29H,1-5H3,(H,26,31);1-2H3. The number of carbonyl (C=O) groups is 1. The number of hydrogen-bond donors (Lipinski definition) is 4. The molecule has 36 heavy (non-hydrogen) atoms. The van der Waals surface area contributed by atoms with Gasteiger partial charge in [-0.1, -0.05) is 37.6 Å². The highest BCUT2D eigenvalue weighted by molar-refractivity contribution is 7.98. The van der Waals surface area contributed by atoms with Crippen LogP contribution in [0.15, 0.2) is 41.2 Å². The Hall–Kier alpha value is -3.21. The third-order valence-corrected chi connectivity index (χ3v) is 5.95. The first-order chi connectivity index (χ1) is 17.2. The lowest BCUT2D eigenvalue weighted by Crippen LogP contribution is -2.29. The zero-order valence-electron chi connectivity index (χ0n) is 21.3. The second kappa shape index (κ2) is 13.2. The lowest BCUT2D eigenvalue weighted by Gasteiger charge is -2.21. The first kappa shape index (κ1) is 29.0. The normalized spacial score (nSPS) is 10.2. The van der Waals surface area contributed by atoms with Gasteiger partial charge in [0, 0.05) is 26.2 Å². The van der Waals surface area contributed by atoms with Gasteiger partial charge < -0.3 is 20.1 Å². The SMILES string of the molecule is CC.CNSNc1cccc(Oc2c(C(=O)NC)c(Nc3ccc(C)cc3F)n(C)c(=O)c2C)c1Cl. The monoisotopic (exact) mass is 535 g/mol. The number of benzene rings is 2. The summed E-state index contributed by atoms with van der Waals surface area (Å²) in [7, 11) is 4.69. The van der Waals surface area contributed by atoms with Crippen molar-refractivity contribution >= 4 is 46.8 Å². The van der Waals surface area contributed by atoms with Crippen LogP contribution < -0.4 is 30.4 Å². The van der Waals surface area contributed by atoms with Crippen LogP contribution in [0.2, 0.25) is 5.02 Å². The molecule has 0 unspecified atom stereocenters. The van der Waals surface area contributed by atoms with E-state index in [1.165, 1.54) is 42.9 Å². The number of aromatic nitrogens is 1. The van der Waals surface area contributed by atoms with Crippen LogP contribution in [0.5, 0.6) is 11.5 Å². The molecule has 0 saturated heterocycles. The van der Waals surface area contributed by atoms with Crippen molar-refractivity contribution in [1.82, 2.24) is 14.6 Å². The Balaban J connectivity index is 0.00000222. The van der Waals surface area contributed by atoms with Crippen molar-refractivity contribution in [2.24, 2.45) is 7.05 Å². The molecular weight excluding hydrogens is 505 g/mol. The van der Waals surface area contributed by atoms with Crippen molar-refractivity contribution in [1.29, 1.82) is 0 Å². The van der Waals surface area contributed by atoms with Crippen LogP contribution in [-0.2, 0) is 7.05 Å². The molecule has 8 nitrogen and oxygen atoms in total. The highest BCUT2D eigenvalue weighted by atomic mass is 35.5. The summed E-state index contributed by atoms with van der Waals surface area (Å²) in [5.41, 5.74) is 1.20. The highest BCUT2D eigenvalue weighted by Crippen LogP contribution is 2.39. The highest BCUT2D eigenvalue weighted by Gasteiger charge is 2.26. The fraction of sp³-hybridized carbons (Fsp3) is 0.280. The molecule has 0 bridgehead atoms. The van der Waals surface area contributed by atoms with Gasteiger partial charge >= 0.3 is 0 Å². The molecule has 1 aromatic heterocycles. The molecule has 0 saturated carbocycles. The van der Waals surface area contributed by atoms with Gasteiger partial charge in [-0.25, -0.2) is 9.11 Å². The number of nitrogens with one attached hydrogen (secondary N) is 4. The Morgan fingerprint density at radius 2 is 1.81 bits per heavy atom. The number of amides is 1. The van der Waals surface area contributed by atoms with Crippen molar-refractivity contribution in [2.75, 3.05) is 24.1 Å². The Morgan fingerprint density at radius 1 is 1.11 bits per heavy atom. The number of halogens is 2. The molecule has 0 radical (unpaired) electrons. The van der Waals surface area contributed by atoms with Gasteiger partial charge in [0.25, 0.3) is 11.5 Å². The molecule has 0 aliphatic heterocycles. The van der Waals surface area contributed by atoms with E-state index in [4.69, 9.17) is 16.3 Å². The molecule has 1 heterocycles. The van der Waals surface area contributed by atoms with Gasteiger partial charge in [0.15, 0.2) is 5.75 Å². The van der Waals surface area contributed by atoms with Crippen LogP contribution >= 0.6 is 23.7 Å². The van der Waals surface area contributed by atoms with E-state index in [1.54, 1.807) is 45.2 Å². The number of carbonyl (C=O) groups excluding carboxylic acids is 1. The number of anilines is 3. The third kappa shape index (κ3) is 6.31. The van der Waals surface area contributed by atoms with Crippen LogP contribution in [0.1, 0.15) is 35.3 Å². The quantitative estimate of drug-likeness (QED) is 0.266. The summed E-state index contributed by atoms with van der Waals surface area (Å²) in [5, 5.41) is 5.71. The molecule has 0 aliphatic carbocycles. The van der Waals surface area contributed by atoms with Gasteiger partial charge in [-0.3, -0.25) is 14.2 Å². The fourth-order valence-electron chi connectivity index (χ4n) is 3.26.